The number of hydrogen-bond donors (Lipinski definition) is 1. The fourth-order valence-electron chi connectivity index (χ4n) is 0.854. The van der Waals surface area contributed by atoms with Crippen LogP contribution in [-0.4, -0.2) is 8.42 Å². The number of allylic oxidation sites excluding steroid dienone is 1. The summed E-state index contributed by atoms with van der Waals surface area (Å²) >= 11 is 0. The van der Waals surface area contributed by atoms with Crippen molar-refractivity contribution in [3.05, 3.63) is 36.6 Å². The summed E-state index contributed by atoms with van der Waals surface area (Å²) in [4.78, 5) is 0.0515. The largest absolute Gasteiger partial charge is 0.399 e. The zero-order valence-corrected chi connectivity index (χ0v) is 8.49. The van der Waals surface area contributed by atoms with E-state index in [1.54, 1.807) is 19.1 Å². The van der Waals surface area contributed by atoms with Crippen molar-refractivity contribution in [1.82, 2.24) is 0 Å². The Labute approximate surface area is 83.1 Å². The highest BCUT2D eigenvalue weighted by atomic mass is 32.2. The molecule has 0 unspecified atom stereocenters. The summed E-state index contributed by atoms with van der Waals surface area (Å²) < 4.78 is 27.4. The highest BCUT2D eigenvalue weighted by Crippen LogP contribution is 2.15. The topological polar surface area (TPSA) is 69.4 Å². The first-order chi connectivity index (χ1) is 6.56. The standard InChI is InChI=1S/C9H11NO3S/c1-2-6-13-14(11,12)9-5-3-4-8(10)7-9/h2-7H,10H2,1H3/b6-2+. The van der Waals surface area contributed by atoms with Crippen LogP contribution in [0.4, 0.5) is 5.69 Å². The summed E-state index contributed by atoms with van der Waals surface area (Å²) in [5.41, 5.74) is 5.83. The van der Waals surface area contributed by atoms with E-state index in [-0.39, 0.29) is 4.90 Å². The normalized spacial score (nSPS) is 11.8. The van der Waals surface area contributed by atoms with Crippen LogP contribution >= 0.6 is 0 Å². The molecule has 0 aliphatic carbocycles. The maximum Gasteiger partial charge on any atom is 0.338 e. The number of nitrogens with two attached hydrogens (primary N) is 1. The van der Waals surface area contributed by atoms with Crippen LogP contribution in [0.25, 0.3) is 0 Å². The molecule has 0 aliphatic rings. The second kappa shape index (κ2) is 4.15. The van der Waals surface area contributed by atoms with Crippen molar-refractivity contribution >= 4 is 15.8 Å². The van der Waals surface area contributed by atoms with Gasteiger partial charge in [0.05, 0.1) is 0 Å². The minimum absolute atomic E-state index is 0.0515. The lowest BCUT2D eigenvalue weighted by Gasteiger charge is -2.02. The zero-order chi connectivity index (χ0) is 10.6. The maximum atomic E-state index is 11.4. The third-order valence-corrected chi connectivity index (χ3v) is 2.66. The summed E-state index contributed by atoms with van der Waals surface area (Å²) in [6.07, 6.45) is 2.60. The number of hydrogen-bond acceptors (Lipinski definition) is 4. The molecule has 1 aromatic rings. The van der Waals surface area contributed by atoms with E-state index in [2.05, 4.69) is 4.18 Å². The van der Waals surface area contributed by atoms with E-state index in [4.69, 9.17) is 5.73 Å². The second-order valence-electron chi connectivity index (χ2n) is 2.59. The van der Waals surface area contributed by atoms with E-state index >= 15 is 0 Å². The van der Waals surface area contributed by atoms with Crippen LogP contribution < -0.4 is 5.73 Å². The Morgan fingerprint density at radius 1 is 1.43 bits per heavy atom. The molecule has 0 fully saturated rings. The summed E-state index contributed by atoms with van der Waals surface area (Å²) in [6.45, 7) is 1.66. The van der Waals surface area contributed by atoms with E-state index in [1.165, 1.54) is 18.2 Å². The molecule has 0 spiro atoms. The van der Waals surface area contributed by atoms with Crippen LogP contribution in [0.5, 0.6) is 0 Å². The van der Waals surface area contributed by atoms with Crippen LogP contribution in [0.1, 0.15) is 6.92 Å². The van der Waals surface area contributed by atoms with Gasteiger partial charge in [-0.2, -0.15) is 8.42 Å². The molecule has 0 saturated carbocycles. The average Bonchev–Trinajstić information content (AvgIpc) is 2.15. The zero-order valence-electron chi connectivity index (χ0n) is 7.67. The van der Waals surface area contributed by atoms with Gasteiger partial charge in [-0.15, -0.1) is 0 Å². The molecule has 5 heteroatoms. The molecule has 0 aliphatic heterocycles. The number of rotatable bonds is 3. The second-order valence-corrected chi connectivity index (χ2v) is 4.16. The van der Waals surface area contributed by atoms with Crippen molar-refractivity contribution < 1.29 is 12.6 Å². The van der Waals surface area contributed by atoms with Crippen LogP contribution in [0.2, 0.25) is 0 Å². The van der Waals surface area contributed by atoms with Gasteiger partial charge in [0, 0.05) is 5.69 Å². The predicted molar refractivity (Wildman–Crippen MR) is 53.9 cm³/mol. The van der Waals surface area contributed by atoms with Gasteiger partial charge in [0.25, 0.3) is 0 Å². The molecule has 2 N–H and O–H groups in total. The fraction of sp³-hybridized carbons (Fsp3) is 0.111. The van der Waals surface area contributed by atoms with Gasteiger partial charge in [-0.25, -0.2) is 0 Å². The molecule has 0 heterocycles. The summed E-state index contributed by atoms with van der Waals surface area (Å²) in [5, 5.41) is 0. The molecule has 0 saturated heterocycles. The highest BCUT2D eigenvalue weighted by molar-refractivity contribution is 7.86. The first-order valence-corrected chi connectivity index (χ1v) is 5.37. The Morgan fingerprint density at radius 3 is 2.71 bits per heavy atom. The van der Waals surface area contributed by atoms with E-state index in [9.17, 15) is 8.42 Å². The summed E-state index contributed by atoms with van der Waals surface area (Å²) in [5.74, 6) is 0. The van der Waals surface area contributed by atoms with Crippen LogP contribution in [0.15, 0.2) is 41.5 Å². The molecule has 0 atom stereocenters. The summed E-state index contributed by atoms with van der Waals surface area (Å²) in [7, 11) is -3.71. The number of benzene rings is 1. The van der Waals surface area contributed by atoms with Crippen molar-refractivity contribution in [2.45, 2.75) is 11.8 Å². The van der Waals surface area contributed by atoms with Crippen molar-refractivity contribution in [2.75, 3.05) is 5.73 Å². The van der Waals surface area contributed by atoms with Crippen LogP contribution in [0, 0.1) is 0 Å². The molecule has 76 valence electrons. The molecule has 0 bridgehead atoms. The average molecular weight is 213 g/mol. The molecule has 0 amide bonds. The molecular formula is C9H11NO3S. The van der Waals surface area contributed by atoms with Crippen molar-refractivity contribution in [1.29, 1.82) is 0 Å². The molecule has 4 nitrogen and oxygen atoms in total. The van der Waals surface area contributed by atoms with E-state index in [0.717, 1.165) is 6.26 Å². The third kappa shape index (κ3) is 2.50. The van der Waals surface area contributed by atoms with Crippen molar-refractivity contribution in [3.8, 4) is 0 Å². The molecule has 0 aromatic heterocycles. The van der Waals surface area contributed by atoms with E-state index in [1.807, 2.05) is 0 Å². The first-order valence-electron chi connectivity index (χ1n) is 3.96. The highest BCUT2D eigenvalue weighted by Gasteiger charge is 2.13. The fourth-order valence-corrected chi connectivity index (χ4v) is 1.75. The van der Waals surface area contributed by atoms with Gasteiger partial charge in [-0.1, -0.05) is 12.1 Å². The molecule has 14 heavy (non-hydrogen) atoms. The van der Waals surface area contributed by atoms with Gasteiger partial charge in [-0.05, 0) is 25.1 Å². The van der Waals surface area contributed by atoms with E-state index in [0.29, 0.717) is 5.69 Å². The van der Waals surface area contributed by atoms with E-state index < -0.39 is 10.1 Å². The monoisotopic (exact) mass is 213 g/mol. The Kier molecular flexibility index (Phi) is 3.14. The van der Waals surface area contributed by atoms with Gasteiger partial charge in [0.15, 0.2) is 0 Å². The molecule has 0 radical (unpaired) electrons. The minimum atomic E-state index is -3.71. The quantitative estimate of drug-likeness (QED) is 0.469. The SMILES string of the molecule is C/C=C/OS(=O)(=O)c1cccc(N)c1. The molecule has 1 aromatic carbocycles. The molecular weight excluding hydrogens is 202 g/mol. The van der Waals surface area contributed by atoms with Crippen LogP contribution in [0.3, 0.4) is 0 Å². The lowest BCUT2D eigenvalue weighted by molar-refractivity contribution is 0.443. The smallest absolute Gasteiger partial charge is 0.338 e. The Bertz CT molecular complexity index is 437. The summed E-state index contributed by atoms with van der Waals surface area (Å²) in [6, 6.07) is 5.93. The Hall–Kier alpha value is -1.49. The predicted octanol–water partition coefficient (Wildman–Crippen LogP) is 1.51. The Balaban J connectivity index is 3.04. The van der Waals surface area contributed by atoms with Gasteiger partial charge in [0.1, 0.15) is 11.2 Å². The van der Waals surface area contributed by atoms with Crippen molar-refractivity contribution in [3.63, 3.8) is 0 Å². The number of nitrogen functional groups attached to an aromatic ring is 1. The van der Waals surface area contributed by atoms with Gasteiger partial charge < -0.3 is 9.92 Å². The third-order valence-electron chi connectivity index (χ3n) is 1.47. The van der Waals surface area contributed by atoms with Gasteiger partial charge in [0.2, 0.25) is 0 Å². The Morgan fingerprint density at radius 2 is 2.14 bits per heavy atom. The number of anilines is 1. The van der Waals surface area contributed by atoms with Gasteiger partial charge >= 0.3 is 10.1 Å². The van der Waals surface area contributed by atoms with Crippen molar-refractivity contribution in [2.24, 2.45) is 0 Å². The minimum Gasteiger partial charge on any atom is -0.399 e. The lowest BCUT2D eigenvalue weighted by atomic mass is 10.3. The van der Waals surface area contributed by atoms with Gasteiger partial charge in [-0.3, -0.25) is 0 Å². The maximum absolute atomic E-state index is 11.4. The first kappa shape index (κ1) is 10.6. The lowest BCUT2D eigenvalue weighted by Crippen LogP contribution is -2.02. The van der Waals surface area contributed by atoms with Crippen LogP contribution in [-0.2, 0) is 14.3 Å². The molecule has 1 rings (SSSR count).